The Bertz CT molecular complexity index is 940. The van der Waals surface area contributed by atoms with Gasteiger partial charge in [-0.05, 0) is 18.6 Å². The van der Waals surface area contributed by atoms with Crippen LogP contribution in [0.3, 0.4) is 0 Å². The van der Waals surface area contributed by atoms with Crippen molar-refractivity contribution in [2.75, 3.05) is 24.7 Å². The molecule has 2 rings (SSSR count). The number of hydrogen-bond donors (Lipinski definition) is 2. The number of aromatic nitrogens is 1. The average Bonchev–Trinajstić information content (AvgIpc) is 3.05. The molecular formula is C16H20N4O5S2. The molecule has 0 bridgehead atoms. The number of nitro benzene ring substituents is 1. The normalized spacial score (nSPS) is 11.2. The largest absolute Gasteiger partial charge is 0.378 e. The van der Waals surface area contributed by atoms with Crippen molar-refractivity contribution in [2.45, 2.75) is 24.7 Å². The van der Waals surface area contributed by atoms with Gasteiger partial charge in [0.1, 0.15) is 5.69 Å². The maximum Gasteiger partial charge on any atom is 0.293 e. The minimum atomic E-state index is -3.54. The highest BCUT2D eigenvalue weighted by Gasteiger charge is 2.18. The average molecular weight is 412 g/mol. The zero-order chi connectivity index (χ0) is 20.0. The summed E-state index contributed by atoms with van der Waals surface area (Å²) in [6, 6.07) is 3.67. The number of nitro groups is 1. The minimum absolute atomic E-state index is 0.122. The van der Waals surface area contributed by atoms with Gasteiger partial charge >= 0.3 is 0 Å². The number of carbonyl (C=O) groups excluding carboxylic acids is 1. The van der Waals surface area contributed by atoms with E-state index in [9.17, 15) is 23.3 Å². The number of amides is 1. The van der Waals surface area contributed by atoms with Gasteiger partial charge in [0, 0.05) is 30.8 Å². The number of benzene rings is 1. The Balaban J connectivity index is 1.89. The third-order valence-corrected chi connectivity index (χ3v) is 5.75. The first kappa shape index (κ1) is 20.8. The molecule has 0 aliphatic carbocycles. The molecule has 1 heterocycles. The summed E-state index contributed by atoms with van der Waals surface area (Å²) in [5.74, 6) is -0.188. The summed E-state index contributed by atoms with van der Waals surface area (Å²) in [5.41, 5.74) is 0.571. The van der Waals surface area contributed by atoms with Gasteiger partial charge in [0.2, 0.25) is 5.91 Å². The zero-order valence-corrected chi connectivity index (χ0v) is 16.5. The predicted molar refractivity (Wildman–Crippen MR) is 103 cm³/mol. The lowest BCUT2D eigenvalue weighted by Gasteiger charge is -2.09. The van der Waals surface area contributed by atoms with Crippen molar-refractivity contribution in [1.29, 1.82) is 0 Å². The molecule has 0 radical (unpaired) electrons. The van der Waals surface area contributed by atoms with E-state index >= 15 is 0 Å². The summed E-state index contributed by atoms with van der Waals surface area (Å²) < 4.78 is 23.1. The Kier molecular flexibility index (Phi) is 6.86. The van der Waals surface area contributed by atoms with Gasteiger partial charge < -0.3 is 10.6 Å². The number of sulfone groups is 1. The number of rotatable bonds is 9. The predicted octanol–water partition coefficient (Wildman–Crippen LogP) is 1.79. The molecule has 0 saturated carbocycles. The lowest BCUT2D eigenvalue weighted by atomic mass is 10.2. The van der Waals surface area contributed by atoms with Crippen molar-refractivity contribution >= 4 is 38.5 Å². The number of anilines is 1. The molecule has 1 amide bonds. The van der Waals surface area contributed by atoms with E-state index in [1.165, 1.54) is 23.5 Å². The van der Waals surface area contributed by atoms with Gasteiger partial charge in [0.25, 0.3) is 5.69 Å². The summed E-state index contributed by atoms with van der Waals surface area (Å²) in [6.45, 7) is 2.51. The molecule has 146 valence electrons. The van der Waals surface area contributed by atoms with Gasteiger partial charge in [0.15, 0.2) is 9.84 Å². The number of nitrogens with zero attached hydrogens (tertiary/aromatic N) is 2. The van der Waals surface area contributed by atoms with Crippen LogP contribution in [-0.4, -0.2) is 43.6 Å². The maximum atomic E-state index is 11.9. The summed E-state index contributed by atoms with van der Waals surface area (Å²) in [6.07, 6.45) is 1.99. The molecule has 27 heavy (non-hydrogen) atoms. The summed E-state index contributed by atoms with van der Waals surface area (Å²) >= 11 is 1.51. The highest BCUT2D eigenvalue weighted by Crippen LogP contribution is 2.27. The first-order valence-electron chi connectivity index (χ1n) is 8.13. The molecule has 0 aliphatic rings. The van der Waals surface area contributed by atoms with E-state index in [4.69, 9.17) is 0 Å². The summed E-state index contributed by atoms with van der Waals surface area (Å²) in [4.78, 5) is 26.6. The van der Waals surface area contributed by atoms with Crippen LogP contribution in [0.4, 0.5) is 11.4 Å². The highest BCUT2D eigenvalue weighted by molar-refractivity contribution is 7.90. The topological polar surface area (TPSA) is 131 Å². The molecule has 0 atom stereocenters. The quantitative estimate of drug-likeness (QED) is 0.364. The summed E-state index contributed by atoms with van der Waals surface area (Å²) in [5, 5.41) is 19.5. The smallest absolute Gasteiger partial charge is 0.293 e. The van der Waals surface area contributed by atoms with Crippen LogP contribution in [0.2, 0.25) is 0 Å². The minimum Gasteiger partial charge on any atom is -0.378 e. The number of carbonyl (C=O) groups is 1. The van der Waals surface area contributed by atoms with Crippen LogP contribution in [0.1, 0.15) is 17.6 Å². The molecule has 0 fully saturated rings. The van der Waals surface area contributed by atoms with E-state index in [2.05, 4.69) is 15.6 Å². The van der Waals surface area contributed by atoms with Crippen molar-refractivity contribution in [3.63, 3.8) is 0 Å². The van der Waals surface area contributed by atoms with Gasteiger partial charge in [-0.2, -0.15) is 0 Å². The van der Waals surface area contributed by atoms with E-state index in [1.54, 1.807) is 0 Å². The van der Waals surface area contributed by atoms with Crippen LogP contribution in [0.5, 0.6) is 0 Å². The van der Waals surface area contributed by atoms with Crippen molar-refractivity contribution < 1.29 is 18.1 Å². The van der Waals surface area contributed by atoms with Crippen molar-refractivity contribution in [1.82, 2.24) is 10.3 Å². The van der Waals surface area contributed by atoms with Gasteiger partial charge in [-0.15, -0.1) is 11.3 Å². The second kappa shape index (κ2) is 8.91. The van der Waals surface area contributed by atoms with Crippen LogP contribution < -0.4 is 10.6 Å². The SMILES string of the molecule is CCc1nc(CC(=O)NCCNc2ccc(S(C)(=O)=O)cc2[N+](=O)[O-])cs1. The van der Waals surface area contributed by atoms with Gasteiger partial charge in [-0.1, -0.05) is 6.92 Å². The number of aryl methyl sites for hydroxylation is 1. The third-order valence-electron chi connectivity index (χ3n) is 3.60. The fraction of sp³-hybridized carbons (Fsp3) is 0.375. The molecule has 0 saturated heterocycles. The molecule has 1 aromatic carbocycles. The summed E-state index contributed by atoms with van der Waals surface area (Å²) in [7, 11) is -3.54. The van der Waals surface area contributed by atoms with Crippen LogP contribution >= 0.6 is 11.3 Å². The molecule has 11 heteroatoms. The molecule has 0 spiro atoms. The lowest BCUT2D eigenvalue weighted by molar-refractivity contribution is -0.384. The van der Waals surface area contributed by atoms with E-state index in [-0.39, 0.29) is 41.7 Å². The molecular weight excluding hydrogens is 392 g/mol. The zero-order valence-electron chi connectivity index (χ0n) is 14.9. The second-order valence-electron chi connectivity index (χ2n) is 5.75. The Morgan fingerprint density at radius 1 is 1.33 bits per heavy atom. The molecule has 9 nitrogen and oxygen atoms in total. The molecule has 1 aromatic heterocycles. The standard InChI is InChI=1S/C16H20N4O5S2/c1-3-16-19-11(10-26-16)8-15(21)18-7-6-17-13-5-4-12(27(2,24)25)9-14(13)20(22)23/h4-5,9-10,17H,3,6-8H2,1-2H3,(H,18,21). The van der Waals surface area contributed by atoms with Gasteiger partial charge in [0.05, 0.1) is 26.9 Å². The van der Waals surface area contributed by atoms with E-state index in [0.29, 0.717) is 5.69 Å². The number of nitrogens with one attached hydrogen (secondary N) is 2. The first-order valence-corrected chi connectivity index (χ1v) is 10.9. The lowest BCUT2D eigenvalue weighted by Crippen LogP contribution is -2.30. The Morgan fingerprint density at radius 2 is 2.07 bits per heavy atom. The van der Waals surface area contributed by atoms with Crippen molar-refractivity contribution in [2.24, 2.45) is 0 Å². The van der Waals surface area contributed by atoms with Crippen LogP contribution in [0.25, 0.3) is 0 Å². The maximum absolute atomic E-state index is 11.9. The van der Waals surface area contributed by atoms with E-state index in [0.717, 1.165) is 23.8 Å². The Hall–Kier alpha value is -2.53. The van der Waals surface area contributed by atoms with Crippen LogP contribution in [0.15, 0.2) is 28.5 Å². The van der Waals surface area contributed by atoms with Gasteiger partial charge in [-0.25, -0.2) is 13.4 Å². The van der Waals surface area contributed by atoms with Crippen molar-refractivity contribution in [3.8, 4) is 0 Å². The molecule has 2 aromatic rings. The molecule has 0 aliphatic heterocycles. The Morgan fingerprint density at radius 3 is 2.67 bits per heavy atom. The number of hydrogen-bond acceptors (Lipinski definition) is 8. The van der Waals surface area contributed by atoms with Gasteiger partial charge in [-0.3, -0.25) is 14.9 Å². The van der Waals surface area contributed by atoms with Crippen molar-refractivity contribution in [3.05, 3.63) is 44.4 Å². The van der Waals surface area contributed by atoms with E-state index in [1.807, 2.05) is 12.3 Å². The Labute approximate surface area is 160 Å². The fourth-order valence-corrected chi connectivity index (χ4v) is 3.65. The third kappa shape index (κ3) is 6.00. The highest BCUT2D eigenvalue weighted by atomic mass is 32.2. The second-order valence-corrected chi connectivity index (χ2v) is 8.71. The first-order chi connectivity index (χ1) is 12.7. The monoisotopic (exact) mass is 412 g/mol. The molecule has 0 unspecified atom stereocenters. The van der Waals surface area contributed by atoms with Crippen LogP contribution in [0, 0.1) is 10.1 Å². The fourth-order valence-electron chi connectivity index (χ4n) is 2.26. The van der Waals surface area contributed by atoms with E-state index < -0.39 is 14.8 Å². The molecule has 2 N–H and O–H groups in total. The van der Waals surface area contributed by atoms with Crippen LogP contribution in [-0.2, 0) is 27.5 Å². The number of thiazole rings is 1.